The van der Waals surface area contributed by atoms with Crippen LogP contribution in [0.1, 0.15) is 0 Å². The molecule has 0 N–H and O–H groups in total. The lowest BCUT2D eigenvalue weighted by molar-refractivity contribution is 0.261. The molecule has 0 aliphatic carbocycles. The van der Waals surface area contributed by atoms with Crippen molar-refractivity contribution in [2.75, 3.05) is 46.2 Å². The summed E-state index contributed by atoms with van der Waals surface area (Å²) in [6.07, 6.45) is 0. The number of para-hydroxylation sites is 1. The van der Waals surface area contributed by atoms with Gasteiger partial charge in [-0.1, -0.05) is 17.3 Å². The highest BCUT2D eigenvalue weighted by molar-refractivity contribution is 5.66. The Labute approximate surface area is 154 Å². The van der Waals surface area contributed by atoms with Gasteiger partial charge in [0.2, 0.25) is 5.82 Å². The first-order valence-electron chi connectivity index (χ1n) is 8.53. The van der Waals surface area contributed by atoms with Crippen LogP contribution < -0.4 is 9.64 Å². The van der Waals surface area contributed by atoms with Gasteiger partial charge in [0.05, 0.1) is 5.56 Å². The van der Waals surface area contributed by atoms with Crippen LogP contribution in [0.5, 0.6) is 5.75 Å². The Bertz CT molecular complexity index is 841. The lowest BCUT2D eigenvalue weighted by Crippen LogP contribution is -2.19. The van der Waals surface area contributed by atoms with E-state index in [1.807, 2.05) is 81.6 Å². The molecular weight excluding hydrogens is 328 g/mol. The molecule has 0 fully saturated rings. The van der Waals surface area contributed by atoms with Crippen molar-refractivity contribution in [3.8, 4) is 28.6 Å². The van der Waals surface area contributed by atoms with Gasteiger partial charge in [-0.3, -0.25) is 0 Å². The van der Waals surface area contributed by atoms with Crippen LogP contribution in [0.2, 0.25) is 0 Å². The molecule has 0 spiro atoms. The van der Waals surface area contributed by atoms with Crippen LogP contribution in [0.15, 0.2) is 53.1 Å². The largest absolute Gasteiger partial charge is 0.491 e. The minimum Gasteiger partial charge on any atom is -0.491 e. The molecule has 0 amide bonds. The van der Waals surface area contributed by atoms with Crippen molar-refractivity contribution in [2.45, 2.75) is 0 Å². The third-order valence-electron chi connectivity index (χ3n) is 3.98. The Morgan fingerprint density at radius 3 is 2.38 bits per heavy atom. The van der Waals surface area contributed by atoms with E-state index in [0.29, 0.717) is 18.3 Å². The summed E-state index contributed by atoms with van der Waals surface area (Å²) in [6.45, 7) is 1.43. The minimum atomic E-state index is 0.456. The molecular formula is C20H24N4O2. The van der Waals surface area contributed by atoms with E-state index in [-0.39, 0.29) is 0 Å². The standard InChI is InChI=1S/C20H24N4O2/c1-23(2)13-14-25-18-8-6-5-7-17(18)20-21-19(22-26-20)15-9-11-16(12-10-15)24(3)4/h5-12H,13-14H2,1-4H3. The van der Waals surface area contributed by atoms with Gasteiger partial charge in [-0.05, 0) is 50.5 Å². The number of ether oxygens (including phenoxy) is 1. The molecule has 6 nitrogen and oxygen atoms in total. The SMILES string of the molecule is CN(C)CCOc1ccccc1-c1nc(-c2ccc(N(C)C)cc2)no1. The molecule has 0 bridgehead atoms. The summed E-state index contributed by atoms with van der Waals surface area (Å²) >= 11 is 0. The Balaban J connectivity index is 1.81. The first-order valence-corrected chi connectivity index (χ1v) is 8.53. The topological polar surface area (TPSA) is 54.6 Å². The maximum atomic E-state index is 5.88. The van der Waals surface area contributed by atoms with Gasteiger partial charge in [-0.15, -0.1) is 0 Å². The minimum absolute atomic E-state index is 0.456. The van der Waals surface area contributed by atoms with Gasteiger partial charge in [-0.25, -0.2) is 0 Å². The van der Waals surface area contributed by atoms with Crippen LogP contribution in [0.3, 0.4) is 0 Å². The summed E-state index contributed by atoms with van der Waals surface area (Å²) in [5.41, 5.74) is 2.84. The van der Waals surface area contributed by atoms with Crippen LogP contribution in [0, 0.1) is 0 Å². The summed E-state index contributed by atoms with van der Waals surface area (Å²) in [6, 6.07) is 15.8. The van der Waals surface area contributed by atoms with Gasteiger partial charge in [0, 0.05) is 31.9 Å². The summed E-state index contributed by atoms with van der Waals surface area (Å²) in [4.78, 5) is 8.67. The van der Waals surface area contributed by atoms with Crippen LogP contribution in [0.25, 0.3) is 22.8 Å². The highest BCUT2D eigenvalue weighted by Crippen LogP contribution is 2.30. The van der Waals surface area contributed by atoms with Crippen molar-refractivity contribution in [1.29, 1.82) is 0 Å². The second-order valence-corrected chi connectivity index (χ2v) is 6.51. The summed E-state index contributed by atoms with van der Waals surface area (Å²) in [7, 11) is 8.05. The number of nitrogens with zero attached hydrogens (tertiary/aromatic N) is 4. The molecule has 0 saturated carbocycles. The highest BCUT2D eigenvalue weighted by atomic mass is 16.5. The van der Waals surface area contributed by atoms with E-state index in [4.69, 9.17) is 9.26 Å². The smallest absolute Gasteiger partial charge is 0.262 e. The van der Waals surface area contributed by atoms with Crippen molar-refractivity contribution in [1.82, 2.24) is 15.0 Å². The summed E-state index contributed by atoms with van der Waals surface area (Å²) in [5.74, 6) is 1.76. The monoisotopic (exact) mass is 352 g/mol. The van der Waals surface area contributed by atoms with Crippen LogP contribution in [-0.4, -0.2) is 56.4 Å². The number of hydrogen-bond acceptors (Lipinski definition) is 6. The molecule has 1 aromatic heterocycles. The van der Waals surface area contributed by atoms with Crippen molar-refractivity contribution in [3.63, 3.8) is 0 Å². The number of benzene rings is 2. The second kappa shape index (κ2) is 8.01. The molecule has 0 atom stereocenters. The average molecular weight is 352 g/mol. The zero-order chi connectivity index (χ0) is 18.5. The Hall–Kier alpha value is -2.86. The quantitative estimate of drug-likeness (QED) is 0.649. The Morgan fingerprint density at radius 1 is 0.962 bits per heavy atom. The van der Waals surface area contributed by atoms with Crippen molar-refractivity contribution in [2.24, 2.45) is 0 Å². The maximum Gasteiger partial charge on any atom is 0.262 e. The first-order chi connectivity index (χ1) is 12.5. The summed E-state index contributed by atoms with van der Waals surface area (Å²) < 4.78 is 11.4. The molecule has 3 aromatic rings. The maximum absolute atomic E-state index is 5.88. The van der Waals surface area contributed by atoms with Crippen molar-refractivity contribution >= 4 is 5.69 Å². The summed E-state index contributed by atoms with van der Waals surface area (Å²) in [5, 5.41) is 4.12. The first kappa shape index (κ1) is 17.9. The normalized spacial score (nSPS) is 11.0. The van der Waals surface area contributed by atoms with Crippen molar-refractivity contribution in [3.05, 3.63) is 48.5 Å². The Morgan fingerprint density at radius 2 is 1.69 bits per heavy atom. The number of rotatable bonds is 7. The number of aromatic nitrogens is 2. The molecule has 3 rings (SSSR count). The van der Waals surface area contributed by atoms with E-state index in [9.17, 15) is 0 Å². The van der Waals surface area contributed by atoms with Gasteiger partial charge in [0.25, 0.3) is 5.89 Å². The third-order valence-corrected chi connectivity index (χ3v) is 3.98. The van der Waals surface area contributed by atoms with Crippen LogP contribution >= 0.6 is 0 Å². The van der Waals surface area contributed by atoms with E-state index in [1.54, 1.807) is 0 Å². The molecule has 0 saturated heterocycles. The molecule has 136 valence electrons. The zero-order valence-electron chi connectivity index (χ0n) is 15.6. The number of likely N-dealkylation sites (N-methyl/N-ethyl adjacent to an activating group) is 1. The van der Waals surface area contributed by atoms with Crippen LogP contribution in [0.4, 0.5) is 5.69 Å². The van der Waals surface area contributed by atoms with Gasteiger partial charge >= 0.3 is 0 Å². The van der Waals surface area contributed by atoms with Gasteiger partial charge in [-0.2, -0.15) is 4.98 Å². The van der Waals surface area contributed by atoms with Gasteiger partial charge < -0.3 is 19.1 Å². The molecule has 2 aromatic carbocycles. The lowest BCUT2D eigenvalue weighted by atomic mass is 10.2. The van der Waals surface area contributed by atoms with E-state index in [1.165, 1.54) is 0 Å². The predicted octanol–water partition coefficient (Wildman–Crippen LogP) is 3.41. The van der Waals surface area contributed by atoms with Gasteiger partial charge in [0.15, 0.2) is 0 Å². The fourth-order valence-electron chi connectivity index (χ4n) is 2.47. The fraction of sp³-hybridized carbons (Fsp3) is 0.300. The van der Waals surface area contributed by atoms with Gasteiger partial charge in [0.1, 0.15) is 12.4 Å². The molecule has 1 heterocycles. The molecule has 6 heteroatoms. The molecule has 0 radical (unpaired) electrons. The average Bonchev–Trinajstić information content (AvgIpc) is 3.12. The molecule has 0 aliphatic heterocycles. The van der Waals surface area contributed by atoms with Crippen LogP contribution in [-0.2, 0) is 0 Å². The lowest BCUT2D eigenvalue weighted by Gasteiger charge is -2.12. The Kier molecular flexibility index (Phi) is 5.53. The van der Waals surface area contributed by atoms with E-state index in [0.717, 1.165) is 29.1 Å². The zero-order valence-corrected chi connectivity index (χ0v) is 15.6. The predicted molar refractivity (Wildman–Crippen MR) is 104 cm³/mol. The van der Waals surface area contributed by atoms with E-state index in [2.05, 4.69) is 15.0 Å². The van der Waals surface area contributed by atoms with E-state index >= 15 is 0 Å². The third kappa shape index (κ3) is 4.21. The highest BCUT2D eigenvalue weighted by Gasteiger charge is 2.15. The molecule has 26 heavy (non-hydrogen) atoms. The number of hydrogen-bond donors (Lipinski definition) is 0. The van der Waals surface area contributed by atoms with E-state index < -0.39 is 0 Å². The van der Waals surface area contributed by atoms with Crippen molar-refractivity contribution < 1.29 is 9.26 Å². The fourth-order valence-corrected chi connectivity index (χ4v) is 2.47. The molecule has 0 aliphatic rings. The molecule has 0 unspecified atom stereocenters. The number of anilines is 1. The second-order valence-electron chi connectivity index (χ2n) is 6.51.